The molecule has 2 unspecified atom stereocenters. The molecule has 1 fully saturated rings. The van der Waals surface area contributed by atoms with Gasteiger partial charge < -0.3 is 5.11 Å². The van der Waals surface area contributed by atoms with E-state index in [1.54, 1.807) is 6.07 Å². The molecule has 1 aliphatic rings. The van der Waals surface area contributed by atoms with E-state index in [4.69, 9.17) is 0 Å². The predicted octanol–water partition coefficient (Wildman–Crippen LogP) is 0.211. The van der Waals surface area contributed by atoms with Crippen LogP contribution in [0.2, 0.25) is 0 Å². The van der Waals surface area contributed by atoms with Crippen molar-refractivity contribution in [3.8, 4) is 0 Å². The largest absolute Gasteiger partial charge is 0.374 e. The minimum absolute atomic E-state index is 0.0715. The van der Waals surface area contributed by atoms with E-state index in [9.17, 15) is 19.1 Å². The zero-order chi connectivity index (χ0) is 13.1. The zero-order valence-electron chi connectivity index (χ0n) is 9.52. The number of rotatable bonds is 3. The van der Waals surface area contributed by atoms with Gasteiger partial charge in [0.05, 0.1) is 6.04 Å². The minimum atomic E-state index is -1.28. The number of benzene rings is 1. The average molecular weight is 252 g/mol. The van der Waals surface area contributed by atoms with Crippen LogP contribution in [-0.4, -0.2) is 23.0 Å². The maximum absolute atomic E-state index is 13.4. The van der Waals surface area contributed by atoms with E-state index in [0.717, 1.165) is 0 Å². The molecule has 1 saturated heterocycles. The second-order valence-corrected chi connectivity index (χ2v) is 4.09. The van der Waals surface area contributed by atoms with Crippen LogP contribution >= 0.6 is 0 Å². The van der Waals surface area contributed by atoms with Crippen molar-refractivity contribution < 1.29 is 19.1 Å². The number of aliphatic hydroxyl groups excluding tert-OH is 1. The Hall–Kier alpha value is -1.79. The zero-order valence-corrected chi connectivity index (χ0v) is 9.52. The molecule has 5 nitrogen and oxygen atoms in total. The first kappa shape index (κ1) is 12.7. The highest BCUT2D eigenvalue weighted by molar-refractivity contribution is 6.00. The summed E-state index contributed by atoms with van der Waals surface area (Å²) >= 11 is 0. The van der Waals surface area contributed by atoms with E-state index in [2.05, 4.69) is 10.6 Å². The van der Waals surface area contributed by atoms with Gasteiger partial charge >= 0.3 is 0 Å². The Morgan fingerprint density at radius 3 is 2.78 bits per heavy atom. The molecule has 2 atom stereocenters. The van der Waals surface area contributed by atoms with Crippen LogP contribution in [0, 0.1) is 5.82 Å². The molecular formula is C12H13FN2O3. The van der Waals surface area contributed by atoms with Crippen molar-refractivity contribution in [2.45, 2.75) is 25.1 Å². The Balaban J connectivity index is 2.04. The van der Waals surface area contributed by atoms with Crippen LogP contribution in [0.4, 0.5) is 4.39 Å². The quantitative estimate of drug-likeness (QED) is 0.531. The predicted molar refractivity (Wildman–Crippen MR) is 60.7 cm³/mol. The fourth-order valence-electron chi connectivity index (χ4n) is 1.83. The fourth-order valence-corrected chi connectivity index (χ4v) is 1.83. The van der Waals surface area contributed by atoms with Crippen molar-refractivity contribution in [2.24, 2.45) is 0 Å². The molecular weight excluding hydrogens is 239 g/mol. The first-order valence-corrected chi connectivity index (χ1v) is 5.60. The highest BCUT2D eigenvalue weighted by Gasteiger charge is 2.28. The van der Waals surface area contributed by atoms with Gasteiger partial charge in [-0.1, -0.05) is 18.2 Å². The first-order valence-electron chi connectivity index (χ1n) is 5.60. The van der Waals surface area contributed by atoms with Gasteiger partial charge in [-0.15, -0.1) is 0 Å². The lowest BCUT2D eigenvalue weighted by molar-refractivity contribution is -0.135. The molecule has 1 aromatic rings. The van der Waals surface area contributed by atoms with Gasteiger partial charge in [-0.25, -0.2) is 4.39 Å². The molecule has 18 heavy (non-hydrogen) atoms. The molecule has 0 aromatic heterocycles. The Morgan fingerprint density at radius 1 is 1.39 bits per heavy atom. The van der Waals surface area contributed by atoms with Gasteiger partial charge in [0.1, 0.15) is 12.0 Å². The van der Waals surface area contributed by atoms with Crippen LogP contribution in [0.3, 0.4) is 0 Å². The topological polar surface area (TPSA) is 78.4 Å². The van der Waals surface area contributed by atoms with Crippen molar-refractivity contribution in [3.63, 3.8) is 0 Å². The molecule has 2 amide bonds. The molecule has 1 aromatic carbocycles. The van der Waals surface area contributed by atoms with Gasteiger partial charge in [-0.3, -0.25) is 20.2 Å². The summed E-state index contributed by atoms with van der Waals surface area (Å²) in [4.78, 5) is 22.4. The summed E-state index contributed by atoms with van der Waals surface area (Å²) in [5, 5.41) is 14.6. The average Bonchev–Trinajstić information content (AvgIpc) is 2.33. The van der Waals surface area contributed by atoms with E-state index < -0.39 is 24.0 Å². The second-order valence-electron chi connectivity index (χ2n) is 4.09. The van der Waals surface area contributed by atoms with Crippen LogP contribution in [0.15, 0.2) is 24.3 Å². The molecule has 0 spiro atoms. The summed E-state index contributed by atoms with van der Waals surface area (Å²) in [7, 11) is 0. The number of carbonyl (C=O) groups is 2. The molecule has 0 radical (unpaired) electrons. The number of amides is 2. The Labute approximate surface area is 103 Å². The molecule has 0 aliphatic carbocycles. The first-order chi connectivity index (χ1) is 8.58. The summed E-state index contributed by atoms with van der Waals surface area (Å²) in [5.74, 6) is -1.38. The number of halogens is 1. The highest BCUT2D eigenvalue weighted by atomic mass is 19.1. The van der Waals surface area contributed by atoms with E-state index in [-0.39, 0.29) is 24.3 Å². The lowest BCUT2D eigenvalue weighted by Gasteiger charge is -2.25. The van der Waals surface area contributed by atoms with Crippen molar-refractivity contribution in [1.29, 1.82) is 0 Å². The van der Waals surface area contributed by atoms with E-state index >= 15 is 0 Å². The van der Waals surface area contributed by atoms with E-state index in [1.807, 2.05) is 0 Å². The lowest BCUT2D eigenvalue weighted by atomic mass is 10.1. The maximum atomic E-state index is 13.4. The van der Waals surface area contributed by atoms with Gasteiger partial charge in [0.2, 0.25) is 11.8 Å². The molecule has 96 valence electrons. The third-order valence-corrected chi connectivity index (χ3v) is 2.80. The van der Waals surface area contributed by atoms with E-state index in [1.165, 1.54) is 18.2 Å². The highest BCUT2D eigenvalue weighted by Crippen LogP contribution is 2.16. The fraction of sp³-hybridized carbons (Fsp3) is 0.333. The van der Waals surface area contributed by atoms with Crippen molar-refractivity contribution >= 4 is 11.8 Å². The summed E-state index contributed by atoms with van der Waals surface area (Å²) < 4.78 is 13.4. The summed E-state index contributed by atoms with van der Waals surface area (Å²) in [6.07, 6.45) is -0.793. The Kier molecular flexibility index (Phi) is 3.69. The SMILES string of the molecule is O=C1CCC(NC(O)c2ccccc2F)C(=O)N1. The lowest BCUT2D eigenvalue weighted by Crippen LogP contribution is -2.51. The third kappa shape index (κ3) is 2.72. The summed E-state index contributed by atoms with van der Waals surface area (Å²) in [5.41, 5.74) is 0.0715. The Bertz CT molecular complexity index is 478. The minimum Gasteiger partial charge on any atom is -0.374 e. The van der Waals surface area contributed by atoms with Gasteiger partial charge in [-0.2, -0.15) is 0 Å². The molecule has 1 heterocycles. The van der Waals surface area contributed by atoms with Gasteiger partial charge in [0.25, 0.3) is 0 Å². The Morgan fingerprint density at radius 2 is 2.11 bits per heavy atom. The number of carbonyl (C=O) groups excluding carboxylic acids is 2. The van der Waals surface area contributed by atoms with Crippen molar-refractivity contribution in [2.75, 3.05) is 0 Å². The second kappa shape index (κ2) is 5.24. The molecule has 0 bridgehead atoms. The molecule has 2 rings (SSSR count). The maximum Gasteiger partial charge on any atom is 0.243 e. The van der Waals surface area contributed by atoms with Crippen LogP contribution in [0.25, 0.3) is 0 Å². The monoisotopic (exact) mass is 252 g/mol. The van der Waals surface area contributed by atoms with Gasteiger partial charge in [0.15, 0.2) is 0 Å². The molecule has 1 aliphatic heterocycles. The molecule has 0 saturated carbocycles. The number of hydrogen-bond donors (Lipinski definition) is 3. The standard InChI is InChI=1S/C12H13FN2O3/c13-8-4-2-1-3-7(8)11(17)14-9-5-6-10(16)15-12(9)18/h1-4,9,11,14,17H,5-6H2,(H,15,16,18). The molecule has 6 heteroatoms. The third-order valence-electron chi connectivity index (χ3n) is 2.80. The number of nitrogens with one attached hydrogen (secondary N) is 2. The smallest absolute Gasteiger partial charge is 0.243 e. The van der Waals surface area contributed by atoms with Crippen molar-refractivity contribution in [3.05, 3.63) is 35.6 Å². The number of piperidine rings is 1. The normalized spacial score (nSPS) is 21.6. The van der Waals surface area contributed by atoms with Gasteiger partial charge in [-0.05, 0) is 12.5 Å². The summed E-state index contributed by atoms with van der Waals surface area (Å²) in [6.45, 7) is 0. The van der Waals surface area contributed by atoms with E-state index in [0.29, 0.717) is 0 Å². The van der Waals surface area contributed by atoms with Crippen LogP contribution in [-0.2, 0) is 9.59 Å². The van der Waals surface area contributed by atoms with Crippen molar-refractivity contribution in [1.82, 2.24) is 10.6 Å². The molecule has 3 N–H and O–H groups in total. The number of imide groups is 1. The number of hydrogen-bond acceptors (Lipinski definition) is 4. The summed E-state index contributed by atoms with van der Waals surface area (Å²) in [6, 6.07) is 5.06. The van der Waals surface area contributed by atoms with Gasteiger partial charge in [0, 0.05) is 12.0 Å². The van der Waals surface area contributed by atoms with Crippen LogP contribution < -0.4 is 10.6 Å². The number of aliphatic hydroxyl groups is 1. The van der Waals surface area contributed by atoms with Crippen LogP contribution in [0.5, 0.6) is 0 Å². The van der Waals surface area contributed by atoms with Crippen LogP contribution in [0.1, 0.15) is 24.6 Å².